The maximum atomic E-state index is 13.4. The van der Waals surface area contributed by atoms with Crippen LogP contribution in [0.1, 0.15) is 23.6 Å². The van der Waals surface area contributed by atoms with Crippen LogP contribution in [0.5, 0.6) is 0 Å². The Bertz CT molecular complexity index is 1670. The summed E-state index contributed by atoms with van der Waals surface area (Å²) >= 11 is 0. The molecule has 2 heterocycles. The van der Waals surface area contributed by atoms with Gasteiger partial charge < -0.3 is 44.4 Å². The van der Waals surface area contributed by atoms with E-state index >= 15 is 0 Å². The van der Waals surface area contributed by atoms with Crippen molar-refractivity contribution >= 4 is 17.9 Å². The molecule has 2 fully saturated rings. The zero-order valence-electron chi connectivity index (χ0n) is 28.6. The monoisotopic (exact) mass is 769 g/mol. The number of ether oxygens (including phenoxy) is 6. The number of benzene rings is 3. The van der Waals surface area contributed by atoms with Crippen LogP contribution >= 0.6 is 0 Å². The van der Waals surface area contributed by atoms with Gasteiger partial charge in [-0.25, -0.2) is 9.59 Å². The van der Waals surface area contributed by atoms with Crippen molar-refractivity contribution in [3.05, 3.63) is 108 Å². The van der Waals surface area contributed by atoms with E-state index in [4.69, 9.17) is 18.9 Å². The molecule has 3 aromatic carbocycles. The van der Waals surface area contributed by atoms with Crippen LogP contribution in [0.15, 0.2) is 91.0 Å². The molecule has 3 N–H and O–H groups in total. The number of cyclic esters (lactones) is 1. The summed E-state index contributed by atoms with van der Waals surface area (Å²) in [5.74, 6) is -7.78. The molecule has 1 unspecified atom stereocenters. The first-order chi connectivity index (χ1) is 25.7. The van der Waals surface area contributed by atoms with E-state index in [9.17, 15) is 40.7 Å². The van der Waals surface area contributed by atoms with Crippen LogP contribution in [0, 0.1) is 0 Å². The van der Waals surface area contributed by atoms with Gasteiger partial charge in [0.05, 0.1) is 33.0 Å². The molecule has 0 spiro atoms. The van der Waals surface area contributed by atoms with Crippen LogP contribution in [0.3, 0.4) is 0 Å². The molecule has 54 heavy (non-hydrogen) atoms. The quantitative estimate of drug-likeness (QED) is 0.158. The Morgan fingerprint density at radius 1 is 0.741 bits per heavy atom. The molecule has 0 saturated carbocycles. The number of esters is 1. The first-order valence-electron chi connectivity index (χ1n) is 16.6. The number of rotatable bonds is 14. The number of halogens is 6. The first-order valence-corrected chi connectivity index (χ1v) is 16.6. The molecule has 12 nitrogen and oxygen atoms in total. The van der Waals surface area contributed by atoms with Gasteiger partial charge in [-0.15, -0.1) is 0 Å². The highest BCUT2D eigenvalue weighted by molar-refractivity contribution is 5.79. The number of amides is 3. The topological polar surface area (TPSA) is 143 Å². The Morgan fingerprint density at radius 2 is 1.24 bits per heavy atom. The largest absolute Gasteiger partial charge is 0.465 e. The molecule has 18 heteroatoms. The molecular weight excluding hydrogens is 732 g/mol. The second-order valence-corrected chi connectivity index (χ2v) is 12.3. The van der Waals surface area contributed by atoms with Gasteiger partial charge in [0.25, 0.3) is 0 Å². The summed E-state index contributed by atoms with van der Waals surface area (Å²) < 4.78 is 113. The average molecular weight is 770 g/mol. The molecule has 0 aliphatic carbocycles. The van der Waals surface area contributed by atoms with E-state index in [0.717, 1.165) is 16.7 Å². The normalized spacial score (nSPS) is 24.0. The molecule has 3 amide bonds. The predicted molar refractivity (Wildman–Crippen MR) is 175 cm³/mol. The molecule has 2 aliphatic heterocycles. The highest BCUT2D eigenvalue weighted by Crippen LogP contribution is 2.50. The van der Waals surface area contributed by atoms with Crippen LogP contribution in [0.25, 0.3) is 0 Å². The summed E-state index contributed by atoms with van der Waals surface area (Å²) in [5.41, 5.74) is 2.39. The second kappa shape index (κ2) is 17.6. The fraction of sp³-hybridized carbons (Fsp3) is 0.417. The smallest absolute Gasteiger partial charge is 0.414 e. The Labute approximate surface area is 305 Å². The lowest BCUT2D eigenvalue weighted by Crippen LogP contribution is -2.69. The summed E-state index contributed by atoms with van der Waals surface area (Å²) in [7, 11) is 0. The third-order valence-corrected chi connectivity index (χ3v) is 8.31. The number of carbonyl (C=O) groups excluding carboxylic acids is 3. The van der Waals surface area contributed by atoms with E-state index in [1.165, 1.54) is 6.92 Å². The summed E-state index contributed by atoms with van der Waals surface area (Å²) in [6.45, 7) is 0.183. The van der Waals surface area contributed by atoms with Gasteiger partial charge in [0, 0.05) is 6.92 Å². The van der Waals surface area contributed by atoms with E-state index in [1.807, 2.05) is 72.0 Å². The molecule has 0 aromatic heterocycles. The fourth-order valence-electron chi connectivity index (χ4n) is 5.77. The van der Waals surface area contributed by atoms with Crippen LogP contribution in [-0.4, -0.2) is 85.9 Å². The highest BCUT2D eigenvalue weighted by Gasteiger charge is 2.80. The minimum Gasteiger partial charge on any atom is -0.414 e. The van der Waals surface area contributed by atoms with Crippen molar-refractivity contribution in [1.29, 1.82) is 0 Å². The Balaban J connectivity index is 1.38. The van der Waals surface area contributed by atoms with E-state index in [2.05, 4.69) is 20.1 Å². The number of hydrogen-bond acceptors (Lipinski definition) is 9. The van der Waals surface area contributed by atoms with Crippen molar-refractivity contribution in [2.75, 3.05) is 13.2 Å². The first kappa shape index (κ1) is 40.4. The molecule has 2 aliphatic rings. The predicted octanol–water partition coefficient (Wildman–Crippen LogP) is 4.67. The van der Waals surface area contributed by atoms with Crippen molar-refractivity contribution < 1.29 is 69.1 Å². The van der Waals surface area contributed by atoms with Crippen molar-refractivity contribution in [2.24, 2.45) is 0 Å². The fourth-order valence-corrected chi connectivity index (χ4v) is 5.77. The van der Waals surface area contributed by atoms with E-state index < -0.39 is 79.3 Å². The van der Waals surface area contributed by atoms with Gasteiger partial charge in [-0.1, -0.05) is 91.0 Å². The van der Waals surface area contributed by atoms with Gasteiger partial charge >= 0.3 is 30.1 Å². The average Bonchev–Trinajstić information content (AvgIpc) is 3.49. The molecule has 6 atom stereocenters. The maximum Gasteiger partial charge on any atom is 0.465 e. The molecule has 2 saturated heterocycles. The lowest BCUT2D eigenvalue weighted by molar-refractivity contribution is -0.439. The Morgan fingerprint density at radius 3 is 1.72 bits per heavy atom. The van der Waals surface area contributed by atoms with E-state index in [1.54, 1.807) is 24.3 Å². The molecular formula is C36H37F6N3O9. The molecule has 0 bridgehead atoms. The second-order valence-electron chi connectivity index (χ2n) is 12.3. The number of hydrogen-bond donors (Lipinski definition) is 3. The standard InChI is InChI=1S/C36H37F6N3O9/c1-22(46)44-28-30(51-20-25-15-9-4-10-16-25)29(50-19-24-13-7-3-8-14-24)27(21-49-18-23-11-5-2-6-12-23)52-31(28)45-33(48)43-17-26-32(47)54-34(53-26,35(37,38)39)36(40,41)42/h2-16,26-31H,17-21H2,1H3,(H,44,46)(H2,43,45,48)/t26-,27+,28+,29+,30+,31?/m0/s1. The zero-order chi connectivity index (χ0) is 38.9. The van der Waals surface area contributed by atoms with Gasteiger partial charge in [-0.2, -0.15) is 26.3 Å². The van der Waals surface area contributed by atoms with Crippen molar-refractivity contribution in [3.8, 4) is 0 Å². The number of nitrogens with one attached hydrogen (secondary N) is 3. The number of carbonyl (C=O) groups is 3. The molecule has 3 aromatic rings. The summed E-state index contributed by atoms with van der Waals surface area (Å²) in [5, 5.41) is 7.15. The van der Waals surface area contributed by atoms with E-state index in [-0.39, 0.29) is 26.4 Å². The van der Waals surface area contributed by atoms with Crippen LogP contribution in [-0.2, 0) is 57.8 Å². The zero-order valence-corrected chi connectivity index (χ0v) is 28.6. The molecule has 5 rings (SSSR count). The van der Waals surface area contributed by atoms with Gasteiger partial charge in [0.15, 0.2) is 12.3 Å². The van der Waals surface area contributed by atoms with Gasteiger partial charge in [0.2, 0.25) is 5.91 Å². The van der Waals surface area contributed by atoms with Crippen molar-refractivity contribution in [1.82, 2.24) is 16.0 Å². The van der Waals surface area contributed by atoms with Crippen LogP contribution in [0.4, 0.5) is 31.1 Å². The number of urea groups is 1. The lowest BCUT2D eigenvalue weighted by atomic mass is 9.95. The van der Waals surface area contributed by atoms with Crippen LogP contribution in [0.2, 0.25) is 0 Å². The SMILES string of the molecule is CC(=O)N[C@H]1C(NC(=O)NC[C@@H]2OC(C(F)(F)F)(C(F)(F)F)OC2=O)O[C@H](COCc2ccccc2)[C@@H](OCc2ccccc2)[C@@H]1OCc1ccccc1. The van der Waals surface area contributed by atoms with E-state index in [0.29, 0.717) is 0 Å². The summed E-state index contributed by atoms with van der Waals surface area (Å²) in [4.78, 5) is 37.8. The van der Waals surface area contributed by atoms with Crippen molar-refractivity contribution in [3.63, 3.8) is 0 Å². The van der Waals surface area contributed by atoms with Crippen LogP contribution < -0.4 is 16.0 Å². The molecule has 0 radical (unpaired) electrons. The maximum absolute atomic E-state index is 13.4. The van der Waals surface area contributed by atoms with Gasteiger partial charge in [-0.3, -0.25) is 4.79 Å². The van der Waals surface area contributed by atoms with Gasteiger partial charge in [-0.05, 0) is 16.7 Å². The Kier molecular flexibility index (Phi) is 13.2. The summed E-state index contributed by atoms with van der Waals surface area (Å²) in [6.07, 6.45) is -19.3. The summed E-state index contributed by atoms with van der Waals surface area (Å²) in [6, 6.07) is 24.9. The van der Waals surface area contributed by atoms with Crippen molar-refractivity contribution in [2.45, 2.75) is 81.6 Å². The lowest BCUT2D eigenvalue weighted by Gasteiger charge is -2.46. The molecule has 292 valence electrons. The minimum absolute atomic E-state index is 0.0184. The Hall–Kier alpha value is -4.75. The minimum atomic E-state index is -6.18. The van der Waals surface area contributed by atoms with Gasteiger partial charge in [0.1, 0.15) is 24.4 Å². The third kappa shape index (κ3) is 10.1. The highest BCUT2D eigenvalue weighted by atomic mass is 19.4. The number of alkyl halides is 6. The third-order valence-electron chi connectivity index (χ3n) is 8.31.